The van der Waals surface area contributed by atoms with Gasteiger partial charge in [0, 0.05) is 12.8 Å². The first-order valence-electron chi connectivity index (χ1n) is 16.2. The van der Waals surface area contributed by atoms with Gasteiger partial charge in [-0.1, -0.05) is 62.4 Å². The summed E-state index contributed by atoms with van der Waals surface area (Å²) in [6.45, 7) is 4.84. The molecule has 250 valence electrons. The number of nitrogens with one attached hydrogen (secondary N) is 3. The highest BCUT2D eigenvalue weighted by atomic mass is 127. The van der Waals surface area contributed by atoms with E-state index in [1.807, 2.05) is 52.9 Å². The van der Waals surface area contributed by atoms with E-state index in [4.69, 9.17) is 0 Å². The third kappa shape index (κ3) is 10.5. The number of hydrogen-bond donors (Lipinski definition) is 5. The number of benzene rings is 1. The number of amides is 2. The standard InChI is InChI=1S/C33H49IN4O6S/c1-33(2,3)45(43,44)20-24(19-26-30(34)38-32(36-26)37-27(39)17-14-21-10-6-4-7-11-21)31(42)35-25(18-22-12-8-5-9-13-22)29(41)28(40)23-15-16-23/h4,6-7,10-11,22-25,28-29,40-41H,5,8-9,12-20H2,1-3H3,(H,35,42)(H2,36,37,38,39)/t24?,25-,28-,29+/m0/s1. The molecule has 1 aromatic carbocycles. The third-order valence-electron chi connectivity index (χ3n) is 9.15. The number of aliphatic hydroxyl groups is 2. The van der Waals surface area contributed by atoms with Crippen LogP contribution >= 0.6 is 22.6 Å². The Labute approximate surface area is 281 Å². The number of anilines is 1. The van der Waals surface area contributed by atoms with Crippen LogP contribution in [0.1, 0.15) is 89.8 Å². The van der Waals surface area contributed by atoms with Crippen LogP contribution in [-0.2, 0) is 32.3 Å². The third-order valence-corrected chi connectivity index (χ3v) is 12.8. The second-order valence-corrected chi connectivity index (χ2v) is 17.7. The molecule has 5 N–H and O–H groups in total. The number of sulfone groups is 1. The zero-order valence-corrected chi connectivity index (χ0v) is 29.6. The van der Waals surface area contributed by atoms with Crippen LogP contribution in [0.4, 0.5) is 5.95 Å². The van der Waals surface area contributed by atoms with Crippen LogP contribution in [0.3, 0.4) is 0 Å². The van der Waals surface area contributed by atoms with Crippen molar-refractivity contribution in [2.45, 2.75) is 114 Å². The van der Waals surface area contributed by atoms with Crippen LogP contribution < -0.4 is 10.6 Å². The molecule has 2 aliphatic carbocycles. The second kappa shape index (κ2) is 15.7. The lowest BCUT2D eigenvalue weighted by Gasteiger charge is -2.33. The Kier molecular flexibility index (Phi) is 12.5. The summed E-state index contributed by atoms with van der Waals surface area (Å²) in [6, 6.07) is 9.01. The highest BCUT2D eigenvalue weighted by molar-refractivity contribution is 14.1. The first-order chi connectivity index (χ1) is 21.2. The average molecular weight is 757 g/mol. The Bertz CT molecular complexity index is 1380. The first-order valence-corrected chi connectivity index (χ1v) is 18.9. The fourth-order valence-electron chi connectivity index (χ4n) is 5.99. The molecule has 4 rings (SSSR count). The summed E-state index contributed by atoms with van der Waals surface area (Å²) < 4.78 is 26.2. The summed E-state index contributed by atoms with van der Waals surface area (Å²) in [7, 11) is -3.70. The molecule has 1 heterocycles. The Morgan fingerprint density at radius 1 is 1.07 bits per heavy atom. The van der Waals surface area contributed by atoms with Crippen molar-refractivity contribution in [2.75, 3.05) is 11.1 Å². The summed E-state index contributed by atoms with van der Waals surface area (Å²) in [5, 5.41) is 27.8. The van der Waals surface area contributed by atoms with E-state index in [9.17, 15) is 28.2 Å². The number of halogens is 1. The lowest BCUT2D eigenvalue weighted by atomic mass is 9.82. The maximum Gasteiger partial charge on any atom is 0.227 e. The van der Waals surface area contributed by atoms with Crippen LogP contribution in [0.25, 0.3) is 0 Å². The molecule has 0 spiro atoms. The van der Waals surface area contributed by atoms with Gasteiger partial charge in [0.25, 0.3) is 0 Å². The Morgan fingerprint density at radius 2 is 1.73 bits per heavy atom. The van der Waals surface area contributed by atoms with Crippen molar-refractivity contribution in [2.24, 2.45) is 17.8 Å². The predicted octanol–water partition coefficient (Wildman–Crippen LogP) is 4.54. The molecule has 2 aliphatic rings. The van der Waals surface area contributed by atoms with Gasteiger partial charge in [0.15, 0.2) is 9.84 Å². The normalized spacial score (nSPS) is 19.0. The summed E-state index contributed by atoms with van der Waals surface area (Å²) in [5.41, 5.74) is 1.59. The van der Waals surface area contributed by atoms with Gasteiger partial charge >= 0.3 is 0 Å². The Morgan fingerprint density at radius 3 is 2.36 bits per heavy atom. The lowest BCUT2D eigenvalue weighted by molar-refractivity contribution is -0.127. The van der Waals surface area contributed by atoms with Gasteiger partial charge in [-0.25, -0.2) is 13.4 Å². The summed E-state index contributed by atoms with van der Waals surface area (Å²) in [4.78, 5) is 34.1. The van der Waals surface area contributed by atoms with E-state index in [1.54, 1.807) is 20.8 Å². The quantitative estimate of drug-likeness (QED) is 0.167. The molecule has 0 bridgehead atoms. The zero-order valence-electron chi connectivity index (χ0n) is 26.6. The lowest BCUT2D eigenvalue weighted by Crippen LogP contribution is -2.52. The highest BCUT2D eigenvalue weighted by Crippen LogP contribution is 2.36. The number of nitrogens with zero attached hydrogens (tertiary/aromatic N) is 1. The monoisotopic (exact) mass is 756 g/mol. The molecule has 2 saturated carbocycles. The first kappa shape index (κ1) is 35.8. The van der Waals surface area contributed by atoms with Crippen LogP contribution in [0.15, 0.2) is 30.3 Å². The Balaban J connectivity index is 1.50. The zero-order chi connectivity index (χ0) is 32.8. The van der Waals surface area contributed by atoms with Gasteiger partial charge in [0.05, 0.1) is 34.3 Å². The number of aromatic nitrogens is 2. The van der Waals surface area contributed by atoms with Crippen LogP contribution in [-0.4, -0.2) is 69.2 Å². The number of carbonyl (C=O) groups excluding carboxylic acids is 2. The van der Waals surface area contributed by atoms with Crippen molar-refractivity contribution in [1.29, 1.82) is 0 Å². The van der Waals surface area contributed by atoms with E-state index in [0.717, 1.165) is 44.1 Å². The molecule has 2 aromatic rings. The molecule has 1 aromatic heterocycles. The molecule has 1 unspecified atom stereocenters. The number of imidazole rings is 1. The number of rotatable bonds is 15. The van der Waals surface area contributed by atoms with Gasteiger partial charge in [-0.05, 0) is 86.4 Å². The molecule has 0 saturated heterocycles. The fourth-order valence-corrected chi connectivity index (χ4v) is 7.88. The molecule has 45 heavy (non-hydrogen) atoms. The summed E-state index contributed by atoms with van der Waals surface area (Å²) >= 11 is 2.02. The second-order valence-electron chi connectivity index (χ2n) is 13.9. The minimum atomic E-state index is -3.70. The SMILES string of the molecule is CC(C)(C)S(=O)(=O)CC(Cc1[nH]c(NC(=O)CCc2ccccc2)nc1I)C(=O)N[C@@H](CC1CCCCC1)[C@@H](O)[C@@H](O)C1CC1. The number of H-pyrrole nitrogens is 1. The smallest absolute Gasteiger partial charge is 0.227 e. The maximum absolute atomic E-state index is 14.0. The number of aliphatic hydroxyl groups excluding tert-OH is 2. The molecule has 4 atom stereocenters. The molecule has 12 heteroatoms. The van der Waals surface area contributed by atoms with Crippen LogP contribution in [0.5, 0.6) is 0 Å². The summed E-state index contributed by atoms with van der Waals surface area (Å²) in [5.74, 6) is -1.49. The molecular formula is C33H49IN4O6S. The largest absolute Gasteiger partial charge is 0.390 e. The minimum absolute atomic E-state index is 0.0238. The molecule has 0 radical (unpaired) electrons. The van der Waals surface area contributed by atoms with Crippen LogP contribution in [0, 0.1) is 21.5 Å². The van der Waals surface area contributed by atoms with Gasteiger partial charge in [-0.15, -0.1) is 0 Å². The van der Waals surface area contributed by atoms with Crippen molar-refractivity contribution < 1.29 is 28.2 Å². The van der Waals surface area contributed by atoms with E-state index >= 15 is 0 Å². The van der Waals surface area contributed by atoms with Crippen molar-refractivity contribution >= 4 is 50.2 Å². The topological polar surface area (TPSA) is 161 Å². The number of hydrogen-bond acceptors (Lipinski definition) is 7. The van der Waals surface area contributed by atoms with Gasteiger partial charge in [0.2, 0.25) is 17.8 Å². The minimum Gasteiger partial charge on any atom is -0.390 e. The number of carbonyl (C=O) groups is 2. The molecule has 2 fully saturated rings. The van der Waals surface area contributed by atoms with E-state index in [2.05, 4.69) is 20.6 Å². The molecule has 2 amide bonds. The highest BCUT2D eigenvalue weighted by Gasteiger charge is 2.41. The Hall–Kier alpha value is -2.03. The van der Waals surface area contributed by atoms with Crippen molar-refractivity contribution in [3.05, 3.63) is 45.3 Å². The van der Waals surface area contributed by atoms with Crippen molar-refractivity contribution in [1.82, 2.24) is 15.3 Å². The van der Waals surface area contributed by atoms with Gasteiger partial charge in [0.1, 0.15) is 9.80 Å². The van der Waals surface area contributed by atoms with E-state index in [-0.39, 0.29) is 30.6 Å². The molecular weight excluding hydrogens is 707 g/mol. The maximum atomic E-state index is 14.0. The van der Waals surface area contributed by atoms with Gasteiger partial charge < -0.3 is 20.5 Å². The van der Waals surface area contributed by atoms with Gasteiger partial charge in [-0.2, -0.15) is 0 Å². The number of aryl methyl sites for hydroxylation is 1. The van der Waals surface area contributed by atoms with E-state index in [0.29, 0.717) is 28.2 Å². The van der Waals surface area contributed by atoms with Gasteiger partial charge in [-0.3, -0.25) is 14.9 Å². The van der Waals surface area contributed by atoms with Crippen molar-refractivity contribution in [3.63, 3.8) is 0 Å². The summed E-state index contributed by atoms with van der Waals surface area (Å²) in [6.07, 6.45) is 6.44. The number of aromatic amines is 1. The van der Waals surface area contributed by atoms with E-state index in [1.165, 1.54) is 6.42 Å². The van der Waals surface area contributed by atoms with Crippen molar-refractivity contribution in [3.8, 4) is 0 Å². The fraction of sp³-hybridized carbons (Fsp3) is 0.667. The molecule has 0 aliphatic heterocycles. The van der Waals surface area contributed by atoms with E-state index < -0.39 is 50.4 Å². The van der Waals surface area contributed by atoms with Crippen LogP contribution in [0.2, 0.25) is 0 Å². The predicted molar refractivity (Wildman–Crippen MR) is 183 cm³/mol. The average Bonchev–Trinajstić information content (AvgIpc) is 3.79. The molecule has 10 nitrogen and oxygen atoms in total.